The van der Waals surface area contributed by atoms with Gasteiger partial charge < -0.3 is 19.1 Å². The van der Waals surface area contributed by atoms with Crippen molar-refractivity contribution in [2.24, 2.45) is 0 Å². The summed E-state index contributed by atoms with van der Waals surface area (Å²) in [7, 11) is 1.36. The summed E-state index contributed by atoms with van der Waals surface area (Å²) >= 11 is 0. The molecule has 2 aromatic rings. The molecule has 132 valence electrons. The average Bonchev–Trinajstić information content (AvgIpc) is 3.06. The van der Waals surface area contributed by atoms with Crippen molar-refractivity contribution in [1.82, 2.24) is 10.1 Å². The first-order valence-corrected chi connectivity index (χ1v) is 7.99. The average molecular weight is 344 g/mol. The Kier molecular flexibility index (Phi) is 4.87. The Hall–Kier alpha value is -3.03. The van der Waals surface area contributed by atoms with E-state index in [0.717, 1.165) is 5.69 Å². The number of rotatable bonds is 3. The van der Waals surface area contributed by atoms with E-state index in [2.05, 4.69) is 15.4 Å². The second-order valence-corrected chi connectivity index (χ2v) is 5.77. The molecule has 0 unspecified atom stereocenters. The van der Waals surface area contributed by atoms with Crippen LogP contribution in [0.5, 0.6) is 0 Å². The van der Waals surface area contributed by atoms with Gasteiger partial charge in [0.25, 0.3) is 0 Å². The fourth-order valence-corrected chi connectivity index (χ4v) is 2.71. The Labute approximate surface area is 145 Å². The summed E-state index contributed by atoms with van der Waals surface area (Å²) < 4.78 is 9.63. The van der Waals surface area contributed by atoms with Crippen molar-refractivity contribution in [3.05, 3.63) is 41.7 Å². The smallest absolute Gasteiger partial charge is 0.337 e. The summed E-state index contributed by atoms with van der Waals surface area (Å²) in [6, 6.07) is 8.76. The molecule has 8 nitrogen and oxygen atoms in total. The number of esters is 1. The maximum absolute atomic E-state index is 12.2. The predicted octanol–water partition coefficient (Wildman–Crippen LogP) is 2.12. The van der Waals surface area contributed by atoms with E-state index in [1.165, 1.54) is 7.11 Å². The van der Waals surface area contributed by atoms with Crippen molar-refractivity contribution < 1.29 is 18.8 Å². The van der Waals surface area contributed by atoms with Gasteiger partial charge in [-0.05, 0) is 31.2 Å². The maximum atomic E-state index is 12.2. The van der Waals surface area contributed by atoms with Gasteiger partial charge in [0.1, 0.15) is 5.76 Å². The molecule has 2 amide bonds. The molecule has 1 aromatic carbocycles. The number of ether oxygens (including phenoxy) is 1. The van der Waals surface area contributed by atoms with Crippen LogP contribution in [0.2, 0.25) is 0 Å². The lowest BCUT2D eigenvalue weighted by atomic mass is 10.2. The molecule has 0 aliphatic carbocycles. The molecule has 1 saturated heterocycles. The molecule has 1 N–H and O–H groups in total. The summed E-state index contributed by atoms with van der Waals surface area (Å²) in [5, 5.41) is 6.49. The largest absolute Gasteiger partial charge is 0.465 e. The van der Waals surface area contributed by atoms with Crippen LogP contribution in [0.25, 0.3) is 0 Å². The van der Waals surface area contributed by atoms with E-state index in [1.807, 2.05) is 12.1 Å². The lowest BCUT2D eigenvalue weighted by Gasteiger charge is -2.35. The third-order valence-electron chi connectivity index (χ3n) is 4.08. The molecular formula is C17H20N4O4. The molecule has 0 bridgehead atoms. The van der Waals surface area contributed by atoms with Gasteiger partial charge in [-0.25, -0.2) is 9.59 Å². The number of piperazine rings is 1. The molecule has 1 aromatic heterocycles. The Bertz CT molecular complexity index is 748. The highest BCUT2D eigenvalue weighted by Gasteiger charge is 2.22. The van der Waals surface area contributed by atoms with E-state index in [9.17, 15) is 9.59 Å². The van der Waals surface area contributed by atoms with Gasteiger partial charge in [-0.3, -0.25) is 5.32 Å². The molecule has 2 heterocycles. The van der Waals surface area contributed by atoms with Crippen molar-refractivity contribution in [2.75, 3.05) is 43.5 Å². The quantitative estimate of drug-likeness (QED) is 0.858. The molecule has 8 heteroatoms. The number of aryl methyl sites for hydroxylation is 1. The molecule has 0 spiro atoms. The fourth-order valence-electron chi connectivity index (χ4n) is 2.71. The fraction of sp³-hybridized carbons (Fsp3) is 0.353. The zero-order valence-electron chi connectivity index (χ0n) is 14.2. The minimum Gasteiger partial charge on any atom is -0.465 e. The van der Waals surface area contributed by atoms with Crippen LogP contribution < -0.4 is 10.2 Å². The van der Waals surface area contributed by atoms with E-state index >= 15 is 0 Å². The van der Waals surface area contributed by atoms with Gasteiger partial charge in [-0.15, -0.1) is 0 Å². The molecular weight excluding hydrogens is 324 g/mol. The highest BCUT2D eigenvalue weighted by Crippen LogP contribution is 2.18. The van der Waals surface area contributed by atoms with Crippen LogP contribution in [0.3, 0.4) is 0 Å². The lowest BCUT2D eigenvalue weighted by molar-refractivity contribution is 0.0600. The summed E-state index contributed by atoms with van der Waals surface area (Å²) in [4.78, 5) is 27.6. The monoisotopic (exact) mass is 344 g/mol. The van der Waals surface area contributed by atoms with Gasteiger partial charge in [-0.1, -0.05) is 5.16 Å². The van der Waals surface area contributed by atoms with Crippen molar-refractivity contribution in [3.8, 4) is 0 Å². The van der Waals surface area contributed by atoms with Gasteiger partial charge >= 0.3 is 12.0 Å². The van der Waals surface area contributed by atoms with Gasteiger partial charge in [0.2, 0.25) is 0 Å². The minimum atomic E-state index is -0.351. The maximum Gasteiger partial charge on any atom is 0.337 e. The Balaban J connectivity index is 1.54. The van der Waals surface area contributed by atoms with Gasteiger partial charge in [0.05, 0.1) is 12.7 Å². The molecule has 25 heavy (non-hydrogen) atoms. The summed E-state index contributed by atoms with van der Waals surface area (Å²) in [6.45, 7) is 4.39. The molecule has 1 fully saturated rings. The normalized spacial score (nSPS) is 14.3. The Morgan fingerprint density at radius 1 is 1.16 bits per heavy atom. The Morgan fingerprint density at radius 3 is 2.40 bits per heavy atom. The number of carbonyl (C=O) groups excluding carboxylic acids is 2. The van der Waals surface area contributed by atoms with Crippen LogP contribution in [0.4, 0.5) is 16.3 Å². The van der Waals surface area contributed by atoms with Gasteiger partial charge in [0.15, 0.2) is 5.82 Å². The third-order valence-corrected chi connectivity index (χ3v) is 4.08. The van der Waals surface area contributed by atoms with Crippen LogP contribution in [-0.4, -0.2) is 55.3 Å². The number of nitrogens with zero attached hydrogens (tertiary/aromatic N) is 3. The second kappa shape index (κ2) is 7.25. The zero-order chi connectivity index (χ0) is 17.8. The van der Waals surface area contributed by atoms with E-state index in [4.69, 9.17) is 9.26 Å². The summed E-state index contributed by atoms with van der Waals surface area (Å²) in [6.07, 6.45) is 0. The number of hydrogen-bond donors (Lipinski definition) is 1. The number of benzene rings is 1. The second-order valence-electron chi connectivity index (χ2n) is 5.77. The van der Waals surface area contributed by atoms with E-state index < -0.39 is 0 Å². The lowest BCUT2D eigenvalue weighted by Crippen LogP contribution is -2.50. The number of carbonyl (C=O) groups is 2. The van der Waals surface area contributed by atoms with Crippen LogP contribution in [0, 0.1) is 6.92 Å². The first-order chi connectivity index (χ1) is 12.1. The highest BCUT2D eigenvalue weighted by molar-refractivity contribution is 5.90. The number of aromatic nitrogens is 1. The molecule has 3 rings (SSSR count). The van der Waals surface area contributed by atoms with Gasteiger partial charge in [-0.2, -0.15) is 0 Å². The zero-order valence-corrected chi connectivity index (χ0v) is 14.2. The molecule has 1 aliphatic rings. The molecule has 0 atom stereocenters. The molecule has 0 radical (unpaired) electrons. The summed E-state index contributed by atoms with van der Waals surface area (Å²) in [5.74, 6) is 0.718. The number of hydrogen-bond acceptors (Lipinski definition) is 6. The number of methoxy groups -OCH3 is 1. The van der Waals surface area contributed by atoms with Crippen LogP contribution in [0.15, 0.2) is 34.9 Å². The van der Waals surface area contributed by atoms with Crippen LogP contribution in [0.1, 0.15) is 16.1 Å². The number of anilines is 2. The SMILES string of the molecule is COC(=O)c1ccc(N2CCN(C(=O)Nc3cc(C)on3)CC2)cc1. The first kappa shape index (κ1) is 16.8. The van der Waals surface area contributed by atoms with Crippen molar-refractivity contribution in [3.63, 3.8) is 0 Å². The number of urea groups is 1. The van der Waals surface area contributed by atoms with E-state index in [1.54, 1.807) is 30.0 Å². The van der Waals surface area contributed by atoms with Crippen molar-refractivity contribution >= 4 is 23.5 Å². The first-order valence-electron chi connectivity index (χ1n) is 7.99. The van der Waals surface area contributed by atoms with Crippen LogP contribution in [-0.2, 0) is 4.74 Å². The van der Waals surface area contributed by atoms with Crippen molar-refractivity contribution in [1.29, 1.82) is 0 Å². The highest BCUT2D eigenvalue weighted by atomic mass is 16.5. The van der Waals surface area contributed by atoms with Gasteiger partial charge in [0, 0.05) is 37.9 Å². The minimum absolute atomic E-state index is 0.186. The van der Waals surface area contributed by atoms with Crippen molar-refractivity contribution in [2.45, 2.75) is 6.92 Å². The standard InChI is InChI=1S/C17H20N4O4/c1-12-11-15(19-25-12)18-17(23)21-9-7-20(8-10-21)14-5-3-13(4-6-14)16(22)24-2/h3-6,11H,7-10H2,1-2H3,(H,18,19,23). The Morgan fingerprint density at radius 2 is 1.84 bits per heavy atom. The number of amides is 2. The summed E-state index contributed by atoms with van der Waals surface area (Å²) in [5.41, 5.74) is 1.53. The van der Waals surface area contributed by atoms with Crippen LogP contribution >= 0.6 is 0 Å². The molecule has 0 saturated carbocycles. The molecule has 1 aliphatic heterocycles. The van der Waals surface area contributed by atoms with E-state index in [0.29, 0.717) is 43.3 Å². The van der Waals surface area contributed by atoms with E-state index in [-0.39, 0.29) is 12.0 Å². The number of nitrogens with one attached hydrogen (secondary N) is 1. The predicted molar refractivity (Wildman–Crippen MR) is 91.8 cm³/mol. The third kappa shape index (κ3) is 3.90. The topological polar surface area (TPSA) is 87.9 Å².